The predicted octanol–water partition coefficient (Wildman–Crippen LogP) is 5.59. The first kappa shape index (κ1) is 25.1. The number of Topliss-reactive ketones (excluding diaryl/α,β-unsaturated/α-hetero) is 2. The summed E-state index contributed by atoms with van der Waals surface area (Å²) in [7, 11) is 1.48. The highest BCUT2D eigenvalue weighted by Gasteiger charge is 2.18. The molecule has 0 amide bonds. The number of rotatable bonds is 11. The largest absolute Gasteiger partial charge is 0.493 e. The second-order valence-electron chi connectivity index (χ2n) is 8.48. The quantitative estimate of drug-likeness (QED) is 0.275. The molecule has 0 bridgehead atoms. The first-order chi connectivity index (χ1) is 17.4. The summed E-state index contributed by atoms with van der Waals surface area (Å²) in [4.78, 5) is 30.5. The summed E-state index contributed by atoms with van der Waals surface area (Å²) in [6, 6.07) is 14.5. The van der Waals surface area contributed by atoms with Gasteiger partial charge >= 0.3 is 0 Å². The Kier molecular flexibility index (Phi) is 7.80. The SMILES string of the molecule is CCc1cc(C(=O)CCC(=O)c2ccc(OCCO)c(OC)c2)nc(-c2coc3c(C)cccc23)c1. The number of pyridine rings is 1. The number of hydrogen-bond donors (Lipinski definition) is 1. The number of ether oxygens (including phenoxy) is 2. The first-order valence-electron chi connectivity index (χ1n) is 11.9. The molecule has 4 rings (SSSR count). The number of nitrogens with zero attached hydrogens (tertiary/aromatic N) is 1. The van der Waals surface area contributed by atoms with Gasteiger partial charge in [0, 0.05) is 29.4 Å². The summed E-state index contributed by atoms with van der Waals surface area (Å²) in [5.41, 5.74) is 5.10. The van der Waals surface area contributed by atoms with E-state index in [1.807, 2.05) is 38.1 Å². The third-order valence-electron chi connectivity index (χ3n) is 6.07. The third-order valence-corrected chi connectivity index (χ3v) is 6.07. The van der Waals surface area contributed by atoms with E-state index in [4.69, 9.17) is 19.0 Å². The van der Waals surface area contributed by atoms with Gasteiger partial charge < -0.3 is 19.0 Å². The number of benzene rings is 2. The fourth-order valence-corrected chi connectivity index (χ4v) is 4.09. The van der Waals surface area contributed by atoms with Gasteiger partial charge in [-0.1, -0.05) is 25.1 Å². The van der Waals surface area contributed by atoms with Gasteiger partial charge in [0.2, 0.25) is 0 Å². The maximum Gasteiger partial charge on any atom is 0.181 e. The average molecular weight is 488 g/mol. The number of hydrogen-bond acceptors (Lipinski definition) is 7. The molecule has 0 spiro atoms. The lowest BCUT2D eigenvalue weighted by Gasteiger charge is -2.11. The number of aromatic nitrogens is 1. The molecular formula is C29H29NO6. The number of aliphatic hydroxyl groups is 1. The van der Waals surface area contributed by atoms with E-state index in [0.29, 0.717) is 28.5 Å². The van der Waals surface area contributed by atoms with E-state index in [2.05, 4.69) is 4.98 Å². The lowest BCUT2D eigenvalue weighted by Crippen LogP contribution is -2.09. The number of carbonyl (C=O) groups is 2. The smallest absolute Gasteiger partial charge is 0.181 e. The molecule has 0 aliphatic carbocycles. The maximum atomic E-state index is 13.1. The summed E-state index contributed by atoms with van der Waals surface area (Å²) < 4.78 is 16.5. The summed E-state index contributed by atoms with van der Waals surface area (Å²) in [6.45, 7) is 4.01. The number of carbonyl (C=O) groups excluding carboxylic acids is 2. The molecule has 2 aromatic heterocycles. The first-order valence-corrected chi connectivity index (χ1v) is 11.9. The molecule has 2 heterocycles. The minimum absolute atomic E-state index is 0.0365. The van der Waals surface area contributed by atoms with Gasteiger partial charge in [-0.2, -0.15) is 0 Å². The Hall–Kier alpha value is -3.97. The fourth-order valence-electron chi connectivity index (χ4n) is 4.09. The lowest BCUT2D eigenvalue weighted by molar-refractivity contribution is 0.0915. The van der Waals surface area contributed by atoms with Gasteiger partial charge in [-0.3, -0.25) is 9.59 Å². The van der Waals surface area contributed by atoms with Crippen molar-refractivity contribution < 1.29 is 28.6 Å². The van der Waals surface area contributed by atoms with Crippen LogP contribution in [0, 0.1) is 6.92 Å². The van der Waals surface area contributed by atoms with Crippen LogP contribution in [0.2, 0.25) is 0 Å². The number of furan rings is 1. The molecular weight excluding hydrogens is 458 g/mol. The molecule has 36 heavy (non-hydrogen) atoms. The van der Waals surface area contributed by atoms with Gasteiger partial charge in [-0.25, -0.2) is 4.98 Å². The second-order valence-corrected chi connectivity index (χ2v) is 8.48. The van der Waals surface area contributed by atoms with Crippen LogP contribution in [-0.2, 0) is 6.42 Å². The van der Waals surface area contributed by atoms with Crippen LogP contribution >= 0.6 is 0 Å². The zero-order chi connectivity index (χ0) is 25.7. The summed E-state index contributed by atoms with van der Waals surface area (Å²) in [5.74, 6) is 0.455. The molecule has 2 aromatic carbocycles. The van der Waals surface area contributed by atoms with Crippen molar-refractivity contribution >= 4 is 22.5 Å². The third kappa shape index (κ3) is 5.31. The number of aryl methyl sites for hydroxylation is 2. The molecule has 0 fully saturated rings. The molecule has 0 saturated heterocycles. The van der Waals surface area contributed by atoms with E-state index >= 15 is 0 Å². The Bertz CT molecular complexity index is 1400. The van der Waals surface area contributed by atoms with E-state index in [-0.39, 0.29) is 37.6 Å². The lowest BCUT2D eigenvalue weighted by atomic mass is 10.0. The Morgan fingerprint density at radius 3 is 2.58 bits per heavy atom. The fraction of sp³-hybridized carbons (Fsp3) is 0.276. The highest BCUT2D eigenvalue weighted by atomic mass is 16.5. The summed E-state index contributed by atoms with van der Waals surface area (Å²) >= 11 is 0. The van der Waals surface area contributed by atoms with Crippen molar-refractivity contribution in [2.75, 3.05) is 20.3 Å². The molecule has 0 atom stereocenters. The molecule has 0 aliphatic heterocycles. The molecule has 0 unspecified atom stereocenters. The Labute approximate surface area is 209 Å². The monoisotopic (exact) mass is 487 g/mol. The Morgan fingerprint density at radius 2 is 1.83 bits per heavy atom. The highest BCUT2D eigenvalue weighted by Crippen LogP contribution is 2.32. The van der Waals surface area contributed by atoms with Crippen molar-refractivity contribution in [2.45, 2.75) is 33.1 Å². The summed E-state index contributed by atoms with van der Waals surface area (Å²) in [6.07, 6.45) is 2.50. The van der Waals surface area contributed by atoms with Crippen molar-refractivity contribution in [3.63, 3.8) is 0 Å². The molecule has 0 aliphatic rings. The molecule has 7 heteroatoms. The molecule has 4 aromatic rings. The van der Waals surface area contributed by atoms with E-state index in [1.54, 1.807) is 30.5 Å². The van der Waals surface area contributed by atoms with Crippen molar-refractivity contribution in [3.05, 3.63) is 77.2 Å². The van der Waals surface area contributed by atoms with Crippen molar-refractivity contribution in [2.24, 2.45) is 0 Å². The van der Waals surface area contributed by atoms with Crippen LogP contribution in [0.5, 0.6) is 11.5 Å². The normalized spacial score (nSPS) is 11.0. The van der Waals surface area contributed by atoms with Gasteiger partial charge in [-0.15, -0.1) is 0 Å². The standard InChI is InChI=1S/C29H29NO6/c1-4-19-14-23(22-17-36-29-18(2)6-5-7-21(22)29)30-24(15-19)26(33)10-9-25(32)20-8-11-27(35-13-12-31)28(16-20)34-3/h5-8,11,14-17,31H,4,9-10,12-13H2,1-3H3. The zero-order valence-electron chi connectivity index (χ0n) is 20.7. The van der Waals surface area contributed by atoms with E-state index in [9.17, 15) is 9.59 Å². The number of aliphatic hydroxyl groups excluding tert-OH is 1. The van der Waals surface area contributed by atoms with Crippen LogP contribution < -0.4 is 9.47 Å². The van der Waals surface area contributed by atoms with E-state index in [1.165, 1.54) is 7.11 Å². The zero-order valence-corrected chi connectivity index (χ0v) is 20.7. The maximum absolute atomic E-state index is 13.1. The van der Waals surface area contributed by atoms with E-state index < -0.39 is 0 Å². The molecule has 7 nitrogen and oxygen atoms in total. The highest BCUT2D eigenvalue weighted by molar-refractivity contribution is 6.02. The minimum Gasteiger partial charge on any atom is -0.493 e. The number of methoxy groups -OCH3 is 1. The molecule has 1 N–H and O–H groups in total. The van der Waals surface area contributed by atoms with E-state index in [0.717, 1.165) is 34.1 Å². The predicted molar refractivity (Wildman–Crippen MR) is 137 cm³/mol. The van der Waals surface area contributed by atoms with Gasteiger partial charge in [0.05, 0.1) is 19.4 Å². The number of ketones is 2. The number of para-hydroxylation sites is 1. The van der Waals surface area contributed by atoms with Crippen molar-refractivity contribution in [1.29, 1.82) is 0 Å². The molecule has 0 saturated carbocycles. The molecule has 0 radical (unpaired) electrons. The van der Waals surface area contributed by atoms with Gasteiger partial charge in [0.15, 0.2) is 23.1 Å². The Balaban J connectivity index is 1.53. The topological polar surface area (TPSA) is 98.9 Å². The molecule has 186 valence electrons. The van der Waals surface area contributed by atoms with Gasteiger partial charge in [-0.05, 0) is 54.8 Å². The minimum atomic E-state index is -0.196. The summed E-state index contributed by atoms with van der Waals surface area (Å²) in [5, 5.41) is 9.90. The van der Waals surface area contributed by atoms with Gasteiger partial charge in [0.1, 0.15) is 24.1 Å². The van der Waals surface area contributed by atoms with Crippen LogP contribution in [0.1, 0.15) is 51.7 Å². The second kappa shape index (κ2) is 11.2. The van der Waals surface area contributed by atoms with Crippen LogP contribution in [0.4, 0.5) is 0 Å². The number of fused-ring (bicyclic) bond motifs is 1. The van der Waals surface area contributed by atoms with Crippen molar-refractivity contribution in [3.8, 4) is 22.8 Å². The van der Waals surface area contributed by atoms with Crippen LogP contribution in [0.25, 0.3) is 22.2 Å². The van der Waals surface area contributed by atoms with Crippen LogP contribution in [-0.4, -0.2) is 42.0 Å². The average Bonchev–Trinajstić information content (AvgIpc) is 3.35. The Morgan fingerprint density at radius 1 is 1.03 bits per heavy atom. The van der Waals surface area contributed by atoms with Gasteiger partial charge in [0.25, 0.3) is 0 Å². The van der Waals surface area contributed by atoms with Crippen LogP contribution in [0.15, 0.2) is 59.2 Å². The van der Waals surface area contributed by atoms with Crippen molar-refractivity contribution in [1.82, 2.24) is 4.98 Å². The van der Waals surface area contributed by atoms with Crippen LogP contribution in [0.3, 0.4) is 0 Å².